The molecule has 1 aliphatic carbocycles. The topological polar surface area (TPSA) is 55.4 Å². The van der Waals surface area contributed by atoms with Crippen LogP contribution < -0.4 is 5.32 Å². The second kappa shape index (κ2) is 5.45. The molecule has 0 saturated carbocycles. The first-order valence-corrected chi connectivity index (χ1v) is 8.54. The van der Waals surface area contributed by atoms with Crippen molar-refractivity contribution in [1.82, 2.24) is 0 Å². The summed E-state index contributed by atoms with van der Waals surface area (Å²) >= 11 is 0. The summed E-state index contributed by atoms with van der Waals surface area (Å²) in [5.41, 5.74) is 3.37. The Morgan fingerprint density at radius 2 is 1.96 bits per heavy atom. The van der Waals surface area contributed by atoms with E-state index in [9.17, 15) is 9.59 Å². The summed E-state index contributed by atoms with van der Waals surface area (Å²) in [4.78, 5) is 25.4. The predicted octanol–water partition coefficient (Wildman–Crippen LogP) is 3.85. The predicted molar refractivity (Wildman–Crippen MR) is 97.2 cm³/mol. The molecule has 4 rings (SSSR count). The van der Waals surface area contributed by atoms with Crippen molar-refractivity contribution in [2.24, 2.45) is 11.3 Å². The standard InChI is InChI=1S/C21H21NO3/c1-21(2)11-17-15(19(23)18(21)20(24)25-3)10-14-13-7-5-4-6-12(13)8-9-16(14)22-17/h4-9,18,22H,10-11H2,1-3H3. The maximum Gasteiger partial charge on any atom is 0.317 e. The Morgan fingerprint density at radius 3 is 2.72 bits per heavy atom. The Balaban J connectivity index is 1.82. The minimum absolute atomic E-state index is 0.107. The van der Waals surface area contributed by atoms with Gasteiger partial charge >= 0.3 is 5.97 Å². The fourth-order valence-electron chi connectivity index (χ4n) is 4.18. The molecule has 4 heteroatoms. The molecule has 25 heavy (non-hydrogen) atoms. The Labute approximate surface area is 146 Å². The molecule has 4 nitrogen and oxygen atoms in total. The third-order valence-electron chi connectivity index (χ3n) is 5.45. The van der Waals surface area contributed by atoms with Gasteiger partial charge in [-0.25, -0.2) is 0 Å². The number of allylic oxidation sites excluding steroid dienone is 2. The third-order valence-corrected chi connectivity index (χ3v) is 5.45. The first kappa shape index (κ1) is 15.9. The van der Waals surface area contributed by atoms with Gasteiger partial charge in [0.15, 0.2) is 5.78 Å². The van der Waals surface area contributed by atoms with Crippen LogP contribution in [0.5, 0.6) is 0 Å². The van der Waals surface area contributed by atoms with E-state index < -0.39 is 17.3 Å². The first-order valence-electron chi connectivity index (χ1n) is 8.54. The van der Waals surface area contributed by atoms with Crippen LogP contribution in [0.2, 0.25) is 0 Å². The highest BCUT2D eigenvalue weighted by molar-refractivity contribution is 6.11. The molecule has 1 aliphatic heterocycles. The number of carbonyl (C=O) groups is 2. The van der Waals surface area contributed by atoms with Crippen molar-refractivity contribution in [3.8, 4) is 0 Å². The van der Waals surface area contributed by atoms with Crippen LogP contribution in [0.1, 0.15) is 25.8 Å². The number of hydrogen-bond donors (Lipinski definition) is 1. The molecule has 1 unspecified atom stereocenters. The maximum absolute atomic E-state index is 13.1. The number of methoxy groups -OCH3 is 1. The highest BCUT2D eigenvalue weighted by atomic mass is 16.5. The summed E-state index contributed by atoms with van der Waals surface area (Å²) in [5.74, 6) is -1.29. The number of carbonyl (C=O) groups excluding carboxylic acids is 2. The monoisotopic (exact) mass is 335 g/mol. The molecular formula is C21H21NO3. The van der Waals surface area contributed by atoms with Gasteiger partial charge in [0.1, 0.15) is 5.92 Å². The van der Waals surface area contributed by atoms with Crippen LogP contribution in [0.3, 0.4) is 0 Å². The lowest BCUT2D eigenvalue weighted by molar-refractivity contribution is -0.153. The third kappa shape index (κ3) is 2.36. The molecule has 2 aromatic carbocycles. The number of benzene rings is 2. The molecule has 1 atom stereocenters. The molecule has 1 N–H and O–H groups in total. The number of ether oxygens (including phenoxy) is 1. The van der Waals surface area contributed by atoms with Crippen molar-refractivity contribution >= 4 is 28.2 Å². The van der Waals surface area contributed by atoms with Crippen molar-refractivity contribution in [3.63, 3.8) is 0 Å². The molecule has 2 aliphatic rings. The van der Waals surface area contributed by atoms with Crippen LogP contribution in [0.15, 0.2) is 47.7 Å². The summed E-state index contributed by atoms with van der Waals surface area (Å²) in [5, 5.41) is 5.76. The molecule has 0 bridgehead atoms. The minimum atomic E-state index is -0.741. The summed E-state index contributed by atoms with van der Waals surface area (Å²) in [6, 6.07) is 12.3. The summed E-state index contributed by atoms with van der Waals surface area (Å²) in [7, 11) is 1.34. The molecule has 0 aromatic heterocycles. The molecule has 1 heterocycles. The Morgan fingerprint density at radius 1 is 1.20 bits per heavy atom. The Hall–Kier alpha value is -2.62. The van der Waals surface area contributed by atoms with Gasteiger partial charge in [-0.15, -0.1) is 0 Å². The van der Waals surface area contributed by atoms with Crippen LogP contribution in [-0.4, -0.2) is 18.9 Å². The lowest BCUT2D eigenvalue weighted by Crippen LogP contribution is -2.44. The van der Waals surface area contributed by atoms with Gasteiger partial charge in [0.25, 0.3) is 0 Å². The maximum atomic E-state index is 13.1. The molecule has 0 saturated heterocycles. The first-order chi connectivity index (χ1) is 11.9. The Kier molecular flexibility index (Phi) is 3.46. The van der Waals surface area contributed by atoms with E-state index in [1.165, 1.54) is 7.11 Å². The number of fused-ring (bicyclic) bond motifs is 3. The van der Waals surface area contributed by atoms with Gasteiger partial charge in [-0.05, 0) is 34.2 Å². The quantitative estimate of drug-likeness (QED) is 0.635. The fraction of sp³-hybridized carbons (Fsp3) is 0.333. The molecule has 0 spiro atoms. The lowest BCUT2D eigenvalue weighted by atomic mass is 9.66. The van der Waals surface area contributed by atoms with Crippen molar-refractivity contribution in [2.75, 3.05) is 12.4 Å². The molecule has 0 radical (unpaired) electrons. The highest BCUT2D eigenvalue weighted by Gasteiger charge is 2.48. The normalized spacial score (nSPS) is 21.4. The average molecular weight is 335 g/mol. The number of anilines is 1. The van der Waals surface area contributed by atoms with Gasteiger partial charge in [-0.1, -0.05) is 44.2 Å². The molecule has 2 aromatic rings. The van der Waals surface area contributed by atoms with E-state index in [1.54, 1.807) is 0 Å². The molecule has 0 amide bonds. The minimum Gasteiger partial charge on any atom is -0.468 e. The van der Waals surface area contributed by atoms with E-state index in [-0.39, 0.29) is 5.78 Å². The number of hydrogen-bond acceptors (Lipinski definition) is 4. The van der Waals surface area contributed by atoms with Crippen LogP contribution in [0.25, 0.3) is 10.8 Å². The molecule has 0 fully saturated rings. The number of nitrogens with one attached hydrogen (secondary N) is 1. The summed E-state index contributed by atoms with van der Waals surface area (Å²) in [6.45, 7) is 3.90. The van der Waals surface area contributed by atoms with Crippen molar-refractivity contribution < 1.29 is 14.3 Å². The number of esters is 1. The smallest absolute Gasteiger partial charge is 0.317 e. The largest absolute Gasteiger partial charge is 0.468 e. The second-order valence-electron chi connectivity index (χ2n) is 7.56. The van der Waals surface area contributed by atoms with Gasteiger partial charge in [0, 0.05) is 23.4 Å². The van der Waals surface area contributed by atoms with Gasteiger partial charge in [0.05, 0.1) is 7.11 Å². The van der Waals surface area contributed by atoms with E-state index in [4.69, 9.17) is 4.74 Å². The number of ketones is 1. The summed E-state index contributed by atoms with van der Waals surface area (Å²) < 4.78 is 4.91. The zero-order valence-corrected chi connectivity index (χ0v) is 14.7. The lowest BCUT2D eigenvalue weighted by Gasteiger charge is -2.40. The van der Waals surface area contributed by atoms with Crippen molar-refractivity contribution in [2.45, 2.75) is 26.7 Å². The van der Waals surface area contributed by atoms with Crippen LogP contribution in [0.4, 0.5) is 5.69 Å². The zero-order valence-electron chi connectivity index (χ0n) is 14.7. The van der Waals surface area contributed by atoms with Gasteiger partial charge in [-0.2, -0.15) is 0 Å². The van der Waals surface area contributed by atoms with Gasteiger partial charge in [-0.3, -0.25) is 9.59 Å². The van der Waals surface area contributed by atoms with Gasteiger partial charge in [0.2, 0.25) is 0 Å². The Bertz CT molecular complexity index is 939. The fourth-order valence-corrected chi connectivity index (χ4v) is 4.18. The van der Waals surface area contributed by atoms with Crippen molar-refractivity contribution in [1.29, 1.82) is 0 Å². The van der Waals surface area contributed by atoms with E-state index in [0.717, 1.165) is 33.3 Å². The number of rotatable bonds is 1. The zero-order chi connectivity index (χ0) is 17.8. The second-order valence-corrected chi connectivity index (χ2v) is 7.56. The van der Waals surface area contributed by atoms with E-state index in [1.807, 2.05) is 26.0 Å². The molecule has 128 valence electrons. The van der Waals surface area contributed by atoms with E-state index in [0.29, 0.717) is 12.8 Å². The SMILES string of the molecule is COC(=O)C1C(=O)C2=C(CC1(C)C)Nc1ccc3ccccc3c1C2. The van der Waals surface area contributed by atoms with E-state index >= 15 is 0 Å². The van der Waals surface area contributed by atoms with Crippen LogP contribution in [0, 0.1) is 11.3 Å². The number of Topliss-reactive ketones (excluding diaryl/α,β-unsaturated/α-hetero) is 1. The van der Waals surface area contributed by atoms with Gasteiger partial charge < -0.3 is 10.1 Å². The average Bonchev–Trinajstić information content (AvgIpc) is 2.59. The highest BCUT2D eigenvalue weighted by Crippen LogP contribution is 2.46. The van der Waals surface area contributed by atoms with Crippen LogP contribution in [-0.2, 0) is 20.7 Å². The summed E-state index contributed by atoms with van der Waals surface area (Å²) in [6.07, 6.45) is 1.21. The molecular weight excluding hydrogens is 314 g/mol. The van der Waals surface area contributed by atoms with Crippen molar-refractivity contribution in [3.05, 3.63) is 53.2 Å². The van der Waals surface area contributed by atoms with E-state index in [2.05, 4.69) is 29.6 Å². The van der Waals surface area contributed by atoms with Crippen LogP contribution >= 0.6 is 0 Å².